The summed E-state index contributed by atoms with van der Waals surface area (Å²) in [6.45, 7) is 1.88. The molecule has 2 aromatic rings. The first-order chi connectivity index (χ1) is 10.6. The molecule has 2 unspecified atom stereocenters. The number of likely N-dealkylation sites (tertiary alicyclic amines) is 1. The molecule has 1 aromatic heterocycles. The summed E-state index contributed by atoms with van der Waals surface area (Å²) in [7, 11) is 0. The van der Waals surface area contributed by atoms with Crippen LogP contribution in [0.2, 0.25) is 0 Å². The Labute approximate surface area is 128 Å². The summed E-state index contributed by atoms with van der Waals surface area (Å²) < 4.78 is 0. The Morgan fingerprint density at radius 1 is 1.36 bits per heavy atom. The zero-order chi connectivity index (χ0) is 15.5. The average Bonchev–Trinajstić information content (AvgIpc) is 2.96. The number of nitrogens with one attached hydrogen (secondary N) is 1. The number of carboxylic acid groups (broad SMARTS) is 1. The maximum absolute atomic E-state index is 11.2. The molecular weight excluding hydrogens is 280 g/mol. The van der Waals surface area contributed by atoms with Gasteiger partial charge in [-0.15, -0.1) is 0 Å². The van der Waals surface area contributed by atoms with Crippen LogP contribution in [0.25, 0.3) is 11.3 Å². The third-order valence-corrected chi connectivity index (χ3v) is 4.00. The lowest BCUT2D eigenvalue weighted by Gasteiger charge is -2.34. The molecule has 1 saturated heterocycles. The molecule has 22 heavy (non-hydrogen) atoms. The van der Waals surface area contributed by atoms with Crippen molar-refractivity contribution in [3.8, 4) is 11.3 Å². The number of piperidine rings is 1. The SMILES string of the molecule is NC1CC(C(=O)O)CN(Cc2cc(-c3ccccc3)n[nH]2)C1. The lowest BCUT2D eigenvalue weighted by molar-refractivity contribution is -0.144. The number of aromatic nitrogens is 2. The van der Waals surface area contributed by atoms with Gasteiger partial charge in [0, 0.05) is 36.9 Å². The predicted octanol–water partition coefficient (Wildman–Crippen LogP) is 1.31. The second-order valence-corrected chi connectivity index (χ2v) is 5.87. The van der Waals surface area contributed by atoms with Gasteiger partial charge in [-0.1, -0.05) is 30.3 Å². The molecule has 2 heterocycles. The van der Waals surface area contributed by atoms with Crippen LogP contribution in [0.5, 0.6) is 0 Å². The molecule has 4 N–H and O–H groups in total. The van der Waals surface area contributed by atoms with Gasteiger partial charge in [0.2, 0.25) is 0 Å². The van der Waals surface area contributed by atoms with E-state index in [4.69, 9.17) is 5.73 Å². The normalized spacial score (nSPS) is 22.6. The first kappa shape index (κ1) is 14.7. The fourth-order valence-electron chi connectivity index (χ4n) is 2.98. The van der Waals surface area contributed by atoms with Crippen LogP contribution in [0.3, 0.4) is 0 Å². The number of carbonyl (C=O) groups is 1. The molecule has 1 aliphatic rings. The van der Waals surface area contributed by atoms with E-state index in [2.05, 4.69) is 15.1 Å². The van der Waals surface area contributed by atoms with Gasteiger partial charge in [0.25, 0.3) is 0 Å². The van der Waals surface area contributed by atoms with Crippen LogP contribution in [-0.4, -0.2) is 45.3 Å². The lowest BCUT2D eigenvalue weighted by Crippen LogP contribution is -2.48. The Kier molecular flexibility index (Phi) is 4.22. The van der Waals surface area contributed by atoms with Crippen LogP contribution in [0.15, 0.2) is 36.4 Å². The number of aliphatic carboxylic acids is 1. The van der Waals surface area contributed by atoms with Gasteiger partial charge in [-0.3, -0.25) is 14.8 Å². The van der Waals surface area contributed by atoms with Gasteiger partial charge < -0.3 is 10.8 Å². The van der Waals surface area contributed by atoms with Gasteiger partial charge in [0.15, 0.2) is 0 Å². The molecule has 0 amide bonds. The Hall–Kier alpha value is -2.18. The van der Waals surface area contributed by atoms with Crippen LogP contribution < -0.4 is 5.73 Å². The number of carboxylic acids is 1. The van der Waals surface area contributed by atoms with E-state index in [1.54, 1.807) is 0 Å². The second kappa shape index (κ2) is 6.29. The summed E-state index contributed by atoms with van der Waals surface area (Å²) in [4.78, 5) is 13.3. The maximum Gasteiger partial charge on any atom is 0.307 e. The van der Waals surface area contributed by atoms with Gasteiger partial charge in [-0.05, 0) is 12.5 Å². The smallest absolute Gasteiger partial charge is 0.307 e. The van der Waals surface area contributed by atoms with Crippen molar-refractivity contribution in [1.29, 1.82) is 0 Å². The fourth-order valence-corrected chi connectivity index (χ4v) is 2.98. The minimum atomic E-state index is -0.769. The molecule has 6 nitrogen and oxygen atoms in total. The predicted molar refractivity (Wildman–Crippen MR) is 83.0 cm³/mol. The number of nitrogens with two attached hydrogens (primary N) is 1. The number of hydrogen-bond donors (Lipinski definition) is 3. The van der Waals surface area contributed by atoms with E-state index >= 15 is 0 Å². The van der Waals surface area contributed by atoms with E-state index in [1.807, 2.05) is 36.4 Å². The van der Waals surface area contributed by atoms with Crippen LogP contribution in [0.4, 0.5) is 0 Å². The second-order valence-electron chi connectivity index (χ2n) is 5.87. The van der Waals surface area contributed by atoms with Crippen LogP contribution in [-0.2, 0) is 11.3 Å². The summed E-state index contributed by atoms with van der Waals surface area (Å²) in [5.41, 5.74) is 8.90. The highest BCUT2D eigenvalue weighted by molar-refractivity contribution is 5.70. The Morgan fingerprint density at radius 3 is 2.86 bits per heavy atom. The number of hydrogen-bond acceptors (Lipinski definition) is 4. The van der Waals surface area contributed by atoms with Crippen molar-refractivity contribution in [2.24, 2.45) is 11.7 Å². The zero-order valence-corrected chi connectivity index (χ0v) is 12.3. The number of rotatable bonds is 4. The maximum atomic E-state index is 11.2. The highest BCUT2D eigenvalue weighted by Crippen LogP contribution is 2.20. The molecule has 0 spiro atoms. The van der Waals surface area contributed by atoms with Gasteiger partial charge >= 0.3 is 5.97 Å². The van der Waals surface area contributed by atoms with E-state index in [0.29, 0.717) is 26.1 Å². The minimum Gasteiger partial charge on any atom is -0.481 e. The van der Waals surface area contributed by atoms with Crippen molar-refractivity contribution in [1.82, 2.24) is 15.1 Å². The molecule has 116 valence electrons. The van der Waals surface area contributed by atoms with Crippen molar-refractivity contribution >= 4 is 5.97 Å². The molecule has 0 saturated carbocycles. The quantitative estimate of drug-likeness (QED) is 0.791. The van der Waals surface area contributed by atoms with E-state index in [1.165, 1.54) is 0 Å². The monoisotopic (exact) mass is 300 g/mol. The largest absolute Gasteiger partial charge is 0.481 e. The molecule has 0 bridgehead atoms. The highest BCUT2D eigenvalue weighted by Gasteiger charge is 2.29. The summed E-state index contributed by atoms with van der Waals surface area (Å²) >= 11 is 0. The van der Waals surface area contributed by atoms with Crippen molar-refractivity contribution in [2.45, 2.75) is 19.0 Å². The fraction of sp³-hybridized carbons (Fsp3) is 0.375. The van der Waals surface area contributed by atoms with Gasteiger partial charge in [-0.2, -0.15) is 5.10 Å². The van der Waals surface area contributed by atoms with Gasteiger partial charge in [-0.25, -0.2) is 0 Å². The van der Waals surface area contributed by atoms with Crippen LogP contribution >= 0.6 is 0 Å². The minimum absolute atomic E-state index is 0.0913. The molecule has 1 aromatic carbocycles. The van der Waals surface area contributed by atoms with Gasteiger partial charge in [0.1, 0.15) is 0 Å². The Morgan fingerprint density at radius 2 is 2.14 bits per heavy atom. The lowest BCUT2D eigenvalue weighted by atomic mass is 9.95. The third kappa shape index (κ3) is 3.35. The molecule has 2 atom stereocenters. The third-order valence-electron chi connectivity index (χ3n) is 4.00. The highest BCUT2D eigenvalue weighted by atomic mass is 16.4. The summed E-state index contributed by atoms with van der Waals surface area (Å²) in [6, 6.07) is 11.9. The van der Waals surface area contributed by atoms with Crippen molar-refractivity contribution < 1.29 is 9.90 Å². The molecule has 0 aliphatic carbocycles. The number of nitrogens with zero attached hydrogens (tertiary/aromatic N) is 2. The number of H-pyrrole nitrogens is 1. The first-order valence-electron chi connectivity index (χ1n) is 7.42. The zero-order valence-electron chi connectivity index (χ0n) is 12.3. The molecule has 1 aliphatic heterocycles. The molecule has 3 rings (SSSR count). The van der Waals surface area contributed by atoms with E-state index in [9.17, 15) is 9.90 Å². The summed E-state index contributed by atoms with van der Waals surface area (Å²) in [6.07, 6.45) is 0.546. The molecule has 0 radical (unpaired) electrons. The first-order valence-corrected chi connectivity index (χ1v) is 7.42. The van der Waals surface area contributed by atoms with E-state index in [0.717, 1.165) is 17.0 Å². The standard InChI is InChI=1S/C16H20N4O2/c17-13-6-12(16(21)22)8-20(9-13)10-14-7-15(19-18-14)11-4-2-1-3-5-11/h1-5,7,12-13H,6,8-10,17H2,(H,18,19)(H,21,22). The molecule has 6 heteroatoms. The van der Waals surface area contributed by atoms with E-state index in [-0.39, 0.29) is 12.0 Å². The van der Waals surface area contributed by atoms with Crippen molar-refractivity contribution in [3.63, 3.8) is 0 Å². The average molecular weight is 300 g/mol. The number of benzene rings is 1. The Bertz CT molecular complexity index is 641. The molecular formula is C16H20N4O2. The molecule has 1 fully saturated rings. The Balaban J connectivity index is 1.68. The van der Waals surface area contributed by atoms with Gasteiger partial charge in [0.05, 0.1) is 11.6 Å². The van der Waals surface area contributed by atoms with Crippen LogP contribution in [0, 0.1) is 5.92 Å². The van der Waals surface area contributed by atoms with E-state index < -0.39 is 5.97 Å². The van der Waals surface area contributed by atoms with Crippen molar-refractivity contribution in [2.75, 3.05) is 13.1 Å². The topological polar surface area (TPSA) is 95.2 Å². The summed E-state index contributed by atoms with van der Waals surface area (Å²) in [5.74, 6) is -1.16. The van der Waals surface area contributed by atoms with Crippen LogP contribution in [0.1, 0.15) is 12.1 Å². The summed E-state index contributed by atoms with van der Waals surface area (Å²) in [5, 5.41) is 16.5. The number of aromatic amines is 1. The van der Waals surface area contributed by atoms with Crippen molar-refractivity contribution in [3.05, 3.63) is 42.1 Å².